The summed E-state index contributed by atoms with van der Waals surface area (Å²) in [5, 5.41) is 3.67. The van der Waals surface area contributed by atoms with Crippen molar-refractivity contribution in [1.82, 2.24) is 10.3 Å². The second-order valence-corrected chi connectivity index (χ2v) is 6.34. The zero-order valence-corrected chi connectivity index (χ0v) is 15.2. The van der Waals surface area contributed by atoms with E-state index in [1.807, 2.05) is 30.3 Å². The molecule has 0 aliphatic carbocycles. The van der Waals surface area contributed by atoms with E-state index < -0.39 is 18.0 Å². The zero-order chi connectivity index (χ0) is 19.5. The number of nitrogens with one attached hydrogen (secondary N) is 1. The van der Waals surface area contributed by atoms with Crippen molar-refractivity contribution in [2.45, 2.75) is 19.6 Å². The Morgan fingerprint density at radius 1 is 1.11 bits per heavy atom. The monoisotopic (exact) mass is 378 g/mol. The third-order valence-electron chi connectivity index (χ3n) is 4.36. The Bertz CT molecular complexity index is 1050. The average Bonchev–Trinajstić information content (AvgIpc) is 3.19. The maximum atomic E-state index is 12.3. The van der Waals surface area contributed by atoms with Crippen molar-refractivity contribution in [3.05, 3.63) is 65.9 Å². The van der Waals surface area contributed by atoms with E-state index in [-0.39, 0.29) is 19.0 Å². The average molecular weight is 378 g/mol. The molecule has 1 N–H and O–H groups in total. The van der Waals surface area contributed by atoms with E-state index in [0.29, 0.717) is 17.0 Å². The van der Waals surface area contributed by atoms with Gasteiger partial charge < -0.3 is 19.5 Å². The summed E-state index contributed by atoms with van der Waals surface area (Å²) in [6.07, 6.45) is -0.949. The van der Waals surface area contributed by atoms with Gasteiger partial charge in [-0.1, -0.05) is 30.3 Å². The first-order valence-corrected chi connectivity index (χ1v) is 8.83. The van der Waals surface area contributed by atoms with Crippen LogP contribution in [0.15, 0.2) is 54.6 Å². The number of fused-ring (bicyclic) bond motifs is 2. The van der Waals surface area contributed by atoms with Crippen LogP contribution in [-0.2, 0) is 16.1 Å². The quantitative estimate of drug-likeness (QED) is 0.687. The van der Waals surface area contributed by atoms with Crippen LogP contribution in [0.1, 0.15) is 23.0 Å². The second-order valence-electron chi connectivity index (χ2n) is 6.34. The number of hydrogen-bond acceptors (Lipinski definition) is 6. The first kappa shape index (κ1) is 17.8. The smallest absolute Gasteiger partial charge is 0.357 e. The Labute approximate surface area is 161 Å². The Morgan fingerprint density at radius 3 is 2.82 bits per heavy atom. The van der Waals surface area contributed by atoms with E-state index in [1.165, 1.54) is 6.92 Å². The van der Waals surface area contributed by atoms with Gasteiger partial charge in [0.1, 0.15) is 5.69 Å². The van der Waals surface area contributed by atoms with Crippen LogP contribution in [0, 0.1) is 0 Å². The van der Waals surface area contributed by atoms with Crippen LogP contribution in [0.25, 0.3) is 10.9 Å². The molecule has 2 aromatic carbocycles. The number of aromatic nitrogens is 1. The first-order valence-electron chi connectivity index (χ1n) is 8.83. The van der Waals surface area contributed by atoms with Crippen LogP contribution in [0.2, 0.25) is 0 Å². The van der Waals surface area contributed by atoms with Crippen LogP contribution >= 0.6 is 0 Å². The highest BCUT2D eigenvalue weighted by Crippen LogP contribution is 2.32. The molecule has 7 nitrogen and oxygen atoms in total. The summed E-state index contributed by atoms with van der Waals surface area (Å²) in [6, 6.07) is 16.3. The van der Waals surface area contributed by atoms with E-state index in [2.05, 4.69) is 10.3 Å². The highest BCUT2D eigenvalue weighted by atomic mass is 16.7. The van der Waals surface area contributed by atoms with Crippen molar-refractivity contribution in [2.24, 2.45) is 0 Å². The van der Waals surface area contributed by atoms with Gasteiger partial charge in [0.15, 0.2) is 17.6 Å². The lowest BCUT2D eigenvalue weighted by molar-refractivity contribution is -0.129. The molecule has 0 spiro atoms. The molecule has 142 valence electrons. The Morgan fingerprint density at radius 2 is 1.93 bits per heavy atom. The summed E-state index contributed by atoms with van der Waals surface area (Å²) < 4.78 is 15.8. The van der Waals surface area contributed by atoms with E-state index in [9.17, 15) is 9.59 Å². The van der Waals surface area contributed by atoms with Gasteiger partial charge in [0.2, 0.25) is 6.79 Å². The summed E-state index contributed by atoms with van der Waals surface area (Å²) in [7, 11) is 0. The molecule has 1 aliphatic rings. The molecule has 0 unspecified atom stereocenters. The summed E-state index contributed by atoms with van der Waals surface area (Å²) in [4.78, 5) is 28.9. The number of carbonyl (C=O) groups excluding carboxylic acids is 2. The topological polar surface area (TPSA) is 86.8 Å². The molecule has 0 saturated carbocycles. The van der Waals surface area contributed by atoms with Crippen molar-refractivity contribution in [2.75, 3.05) is 6.79 Å². The predicted octanol–water partition coefficient (Wildman–Crippen LogP) is 2.83. The molecule has 0 radical (unpaired) electrons. The van der Waals surface area contributed by atoms with Crippen LogP contribution < -0.4 is 14.8 Å². The number of ether oxygens (including phenoxy) is 3. The van der Waals surface area contributed by atoms with E-state index in [4.69, 9.17) is 14.2 Å². The van der Waals surface area contributed by atoms with E-state index >= 15 is 0 Å². The van der Waals surface area contributed by atoms with Crippen molar-refractivity contribution >= 4 is 22.8 Å². The fraction of sp³-hybridized carbons (Fsp3) is 0.190. The van der Waals surface area contributed by atoms with Crippen LogP contribution in [-0.4, -0.2) is 29.8 Å². The number of benzene rings is 2. The fourth-order valence-corrected chi connectivity index (χ4v) is 2.84. The van der Waals surface area contributed by atoms with Crippen LogP contribution in [0.3, 0.4) is 0 Å². The number of pyridine rings is 1. The number of esters is 1. The number of nitrogens with zero attached hydrogens (tertiary/aromatic N) is 1. The minimum atomic E-state index is -0.949. The van der Waals surface area contributed by atoms with Crippen molar-refractivity contribution in [3.63, 3.8) is 0 Å². The largest absolute Gasteiger partial charge is 0.454 e. The summed E-state index contributed by atoms with van der Waals surface area (Å²) in [5.41, 5.74) is 1.71. The van der Waals surface area contributed by atoms with Crippen molar-refractivity contribution in [1.29, 1.82) is 0 Å². The summed E-state index contributed by atoms with van der Waals surface area (Å²) >= 11 is 0. The number of carbonyl (C=O) groups is 2. The molecular weight excluding hydrogens is 360 g/mol. The molecule has 1 aromatic heterocycles. The molecule has 0 saturated heterocycles. The highest BCUT2D eigenvalue weighted by molar-refractivity contribution is 5.93. The third kappa shape index (κ3) is 3.73. The molecule has 7 heteroatoms. The Kier molecular flexibility index (Phi) is 4.80. The normalized spacial score (nSPS) is 13.2. The van der Waals surface area contributed by atoms with Gasteiger partial charge in [-0.2, -0.15) is 0 Å². The molecule has 2 heterocycles. The molecular formula is C21H18N2O5. The molecule has 28 heavy (non-hydrogen) atoms. The first-order chi connectivity index (χ1) is 13.6. The predicted molar refractivity (Wildman–Crippen MR) is 101 cm³/mol. The second kappa shape index (κ2) is 7.56. The van der Waals surface area contributed by atoms with Gasteiger partial charge in [-0.25, -0.2) is 9.78 Å². The van der Waals surface area contributed by atoms with Gasteiger partial charge in [-0.15, -0.1) is 0 Å². The Hall–Kier alpha value is -3.61. The van der Waals surface area contributed by atoms with Crippen LogP contribution in [0.4, 0.5) is 0 Å². The number of hydrogen-bond donors (Lipinski definition) is 1. The van der Waals surface area contributed by atoms with Gasteiger partial charge >= 0.3 is 5.97 Å². The molecule has 4 rings (SSSR count). The molecule has 3 aromatic rings. The van der Waals surface area contributed by atoms with Gasteiger partial charge in [-0.3, -0.25) is 4.79 Å². The number of amides is 1. The van der Waals surface area contributed by atoms with Crippen molar-refractivity contribution < 1.29 is 23.8 Å². The maximum Gasteiger partial charge on any atom is 0.357 e. The minimum Gasteiger partial charge on any atom is -0.454 e. The van der Waals surface area contributed by atoms with Crippen LogP contribution in [0.5, 0.6) is 11.5 Å². The van der Waals surface area contributed by atoms with Gasteiger partial charge in [-0.05, 0) is 36.8 Å². The standard InChI is InChI=1S/C21H18N2O5/c1-13(20(24)22-11-14-6-9-18-19(10-14)27-12-26-18)28-21(25)17-8-7-15-4-2-3-5-16(15)23-17/h2-10,13H,11-12H2,1H3,(H,22,24)/t13-/m1/s1. The lowest BCUT2D eigenvalue weighted by Gasteiger charge is -2.13. The Balaban J connectivity index is 1.35. The fourth-order valence-electron chi connectivity index (χ4n) is 2.84. The SMILES string of the molecule is C[C@@H](OC(=O)c1ccc2ccccc2n1)C(=O)NCc1ccc2c(c1)OCO2. The number of para-hydroxylation sites is 1. The van der Waals surface area contributed by atoms with E-state index in [0.717, 1.165) is 10.9 Å². The molecule has 0 fully saturated rings. The molecule has 1 amide bonds. The third-order valence-corrected chi connectivity index (χ3v) is 4.36. The lowest BCUT2D eigenvalue weighted by atomic mass is 10.2. The van der Waals surface area contributed by atoms with Gasteiger partial charge in [0, 0.05) is 11.9 Å². The molecule has 0 bridgehead atoms. The van der Waals surface area contributed by atoms with Crippen molar-refractivity contribution in [3.8, 4) is 11.5 Å². The highest BCUT2D eigenvalue weighted by Gasteiger charge is 2.20. The lowest BCUT2D eigenvalue weighted by Crippen LogP contribution is -2.35. The van der Waals surface area contributed by atoms with Gasteiger partial charge in [0.05, 0.1) is 5.52 Å². The summed E-state index contributed by atoms with van der Waals surface area (Å²) in [5.74, 6) is 0.289. The summed E-state index contributed by atoms with van der Waals surface area (Å²) in [6.45, 7) is 2.00. The van der Waals surface area contributed by atoms with E-state index in [1.54, 1.807) is 24.3 Å². The molecule has 1 aliphatic heterocycles. The zero-order valence-electron chi connectivity index (χ0n) is 15.2. The van der Waals surface area contributed by atoms with Gasteiger partial charge in [0.25, 0.3) is 5.91 Å². The number of rotatable bonds is 5. The maximum absolute atomic E-state index is 12.3. The molecule has 1 atom stereocenters. The minimum absolute atomic E-state index is 0.161.